The largest absolute Gasteiger partial charge is 0.454 e. The molecule has 0 aliphatic carbocycles. The molecule has 2 heterocycles. The van der Waals surface area contributed by atoms with Crippen LogP contribution in [0, 0.1) is 0 Å². The van der Waals surface area contributed by atoms with E-state index in [2.05, 4.69) is 21.2 Å². The Morgan fingerprint density at radius 2 is 2.20 bits per heavy atom. The topological polar surface area (TPSA) is 64.6 Å². The fourth-order valence-corrected chi connectivity index (χ4v) is 4.84. The fourth-order valence-electron chi connectivity index (χ4n) is 2.57. The van der Waals surface area contributed by atoms with E-state index in [9.17, 15) is 8.42 Å². The molecule has 1 unspecified atom stereocenters. The van der Waals surface area contributed by atoms with Crippen molar-refractivity contribution >= 4 is 25.8 Å². The smallest absolute Gasteiger partial charge is 0.231 e. The Kier molecular flexibility index (Phi) is 3.92. The van der Waals surface area contributed by atoms with Gasteiger partial charge in [0.2, 0.25) is 6.79 Å². The summed E-state index contributed by atoms with van der Waals surface area (Å²) < 4.78 is 34.8. The highest BCUT2D eigenvalue weighted by atomic mass is 79.9. The lowest BCUT2D eigenvalue weighted by molar-refractivity contribution is 0.173. The SMILES string of the molecule is O=S1(=O)CCCC(NCc2cc(Br)c3c(c2)OCO3)C1. The number of halogens is 1. The molecule has 110 valence electrons. The molecule has 0 spiro atoms. The average molecular weight is 362 g/mol. The normalized spacial score (nSPS) is 23.8. The lowest BCUT2D eigenvalue weighted by Crippen LogP contribution is -2.39. The second-order valence-electron chi connectivity index (χ2n) is 5.15. The maximum absolute atomic E-state index is 11.6. The molecule has 2 aliphatic rings. The predicted octanol–water partition coefficient (Wildman–Crippen LogP) is 1.84. The Balaban J connectivity index is 1.65. The Morgan fingerprint density at radius 1 is 1.35 bits per heavy atom. The van der Waals surface area contributed by atoms with E-state index in [1.807, 2.05) is 12.1 Å². The van der Waals surface area contributed by atoms with E-state index in [-0.39, 0.29) is 18.6 Å². The molecule has 1 N–H and O–H groups in total. The number of ether oxygens (including phenoxy) is 2. The van der Waals surface area contributed by atoms with Crippen molar-refractivity contribution in [3.63, 3.8) is 0 Å². The van der Waals surface area contributed by atoms with E-state index < -0.39 is 9.84 Å². The van der Waals surface area contributed by atoms with Crippen molar-refractivity contribution in [2.75, 3.05) is 18.3 Å². The second kappa shape index (κ2) is 5.54. The Hall–Kier alpha value is -0.790. The van der Waals surface area contributed by atoms with Crippen LogP contribution >= 0.6 is 15.9 Å². The quantitative estimate of drug-likeness (QED) is 0.889. The van der Waals surface area contributed by atoms with Gasteiger partial charge in [-0.05, 0) is 46.5 Å². The van der Waals surface area contributed by atoms with Gasteiger partial charge in [0.1, 0.15) is 0 Å². The maximum Gasteiger partial charge on any atom is 0.231 e. The molecule has 0 bridgehead atoms. The molecule has 1 aromatic rings. The Morgan fingerprint density at radius 3 is 3.00 bits per heavy atom. The summed E-state index contributed by atoms with van der Waals surface area (Å²) in [5.41, 5.74) is 1.05. The summed E-state index contributed by atoms with van der Waals surface area (Å²) in [6.45, 7) is 0.862. The van der Waals surface area contributed by atoms with Crippen LogP contribution in [0.25, 0.3) is 0 Å². The van der Waals surface area contributed by atoms with Crippen LogP contribution in [0.2, 0.25) is 0 Å². The standard InChI is InChI=1S/C13H16BrNO4S/c14-11-4-9(5-12-13(11)19-8-18-12)6-15-10-2-1-3-20(16,17)7-10/h4-5,10,15H,1-3,6-8H2. The first kappa shape index (κ1) is 14.2. The zero-order valence-electron chi connectivity index (χ0n) is 10.9. The number of benzene rings is 1. The number of sulfone groups is 1. The zero-order chi connectivity index (χ0) is 14.2. The molecular formula is C13H16BrNO4S. The van der Waals surface area contributed by atoms with Gasteiger partial charge in [0.25, 0.3) is 0 Å². The van der Waals surface area contributed by atoms with Crippen molar-refractivity contribution in [2.45, 2.75) is 25.4 Å². The molecule has 1 aromatic carbocycles. The van der Waals surface area contributed by atoms with E-state index in [4.69, 9.17) is 9.47 Å². The van der Waals surface area contributed by atoms with Crippen LogP contribution in [0.5, 0.6) is 11.5 Å². The van der Waals surface area contributed by atoms with Crippen LogP contribution in [0.1, 0.15) is 18.4 Å². The highest BCUT2D eigenvalue weighted by Crippen LogP contribution is 2.39. The third-order valence-electron chi connectivity index (χ3n) is 3.54. The van der Waals surface area contributed by atoms with Crippen molar-refractivity contribution in [1.82, 2.24) is 5.32 Å². The van der Waals surface area contributed by atoms with Crippen molar-refractivity contribution in [3.8, 4) is 11.5 Å². The predicted molar refractivity (Wildman–Crippen MR) is 78.8 cm³/mol. The van der Waals surface area contributed by atoms with Crippen LogP contribution in [0.3, 0.4) is 0 Å². The molecule has 20 heavy (non-hydrogen) atoms. The molecule has 0 radical (unpaired) electrons. The van der Waals surface area contributed by atoms with E-state index >= 15 is 0 Å². The van der Waals surface area contributed by atoms with Crippen LogP contribution < -0.4 is 14.8 Å². The molecule has 0 saturated carbocycles. The van der Waals surface area contributed by atoms with E-state index in [0.29, 0.717) is 12.3 Å². The highest BCUT2D eigenvalue weighted by molar-refractivity contribution is 9.10. The molecule has 0 aromatic heterocycles. The third kappa shape index (κ3) is 3.10. The summed E-state index contributed by atoms with van der Waals surface area (Å²) in [4.78, 5) is 0. The first-order chi connectivity index (χ1) is 9.53. The van der Waals surface area contributed by atoms with Gasteiger partial charge >= 0.3 is 0 Å². The van der Waals surface area contributed by atoms with Crippen LogP contribution in [0.4, 0.5) is 0 Å². The van der Waals surface area contributed by atoms with Crippen molar-refractivity contribution in [1.29, 1.82) is 0 Å². The number of hydrogen-bond donors (Lipinski definition) is 1. The minimum absolute atomic E-state index is 0.0398. The van der Waals surface area contributed by atoms with Gasteiger partial charge in [-0.25, -0.2) is 8.42 Å². The van der Waals surface area contributed by atoms with Gasteiger partial charge in [-0.15, -0.1) is 0 Å². The summed E-state index contributed by atoms with van der Waals surface area (Å²) in [5.74, 6) is 2.01. The first-order valence-electron chi connectivity index (χ1n) is 6.55. The highest BCUT2D eigenvalue weighted by Gasteiger charge is 2.24. The second-order valence-corrected chi connectivity index (χ2v) is 8.23. The third-order valence-corrected chi connectivity index (χ3v) is 5.95. The molecule has 1 fully saturated rings. The summed E-state index contributed by atoms with van der Waals surface area (Å²) in [7, 11) is -2.87. The molecule has 1 atom stereocenters. The molecule has 2 aliphatic heterocycles. The van der Waals surface area contributed by atoms with Gasteiger partial charge in [-0.1, -0.05) is 0 Å². The van der Waals surface area contributed by atoms with Gasteiger partial charge in [-0.3, -0.25) is 0 Å². The molecule has 1 saturated heterocycles. The van der Waals surface area contributed by atoms with Gasteiger partial charge in [0.15, 0.2) is 21.3 Å². The van der Waals surface area contributed by atoms with Crippen LogP contribution in [-0.2, 0) is 16.4 Å². The van der Waals surface area contributed by atoms with Crippen molar-refractivity contribution in [2.24, 2.45) is 0 Å². The molecular weight excluding hydrogens is 346 g/mol. The van der Waals surface area contributed by atoms with Crippen molar-refractivity contribution < 1.29 is 17.9 Å². The Bertz CT molecular complexity index is 617. The minimum Gasteiger partial charge on any atom is -0.454 e. The number of rotatable bonds is 3. The molecule has 7 heteroatoms. The summed E-state index contributed by atoms with van der Waals surface area (Å²) in [6, 6.07) is 3.94. The van der Waals surface area contributed by atoms with Crippen LogP contribution in [-0.4, -0.2) is 32.8 Å². The van der Waals surface area contributed by atoms with Gasteiger partial charge in [-0.2, -0.15) is 0 Å². The summed E-state index contributed by atoms with van der Waals surface area (Å²) >= 11 is 3.45. The minimum atomic E-state index is -2.87. The van der Waals surface area contributed by atoms with E-state index in [1.54, 1.807) is 0 Å². The Labute approximate surface area is 126 Å². The average Bonchev–Trinajstić information content (AvgIpc) is 2.84. The lowest BCUT2D eigenvalue weighted by atomic mass is 10.1. The zero-order valence-corrected chi connectivity index (χ0v) is 13.3. The van der Waals surface area contributed by atoms with E-state index in [0.717, 1.165) is 34.4 Å². The maximum atomic E-state index is 11.6. The summed E-state index contributed by atoms with van der Waals surface area (Å²) in [6.07, 6.45) is 1.65. The van der Waals surface area contributed by atoms with Gasteiger partial charge in [0.05, 0.1) is 16.0 Å². The van der Waals surface area contributed by atoms with Crippen molar-refractivity contribution in [3.05, 3.63) is 22.2 Å². The lowest BCUT2D eigenvalue weighted by Gasteiger charge is -2.23. The van der Waals surface area contributed by atoms with Crippen LogP contribution in [0.15, 0.2) is 16.6 Å². The molecule has 3 rings (SSSR count). The monoisotopic (exact) mass is 361 g/mol. The van der Waals surface area contributed by atoms with Gasteiger partial charge < -0.3 is 14.8 Å². The fraction of sp³-hybridized carbons (Fsp3) is 0.538. The molecule has 0 amide bonds. The summed E-state index contributed by atoms with van der Waals surface area (Å²) in [5, 5.41) is 3.32. The van der Waals surface area contributed by atoms with E-state index in [1.165, 1.54) is 0 Å². The first-order valence-corrected chi connectivity index (χ1v) is 9.17. The number of hydrogen-bond acceptors (Lipinski definition) is 5. The molecule has 5 nitrogen and oxygen atoms in total. The number of nitrogens with one attached hydrogen (secondary N) is 1. The van der Waals surface area contributed by atoms with Gasteiger partial charge in [0, 0.05) is 12.6 Å². The number of fused-ring (bicyclic) bond motifs is 1.